The van der Waals surface area contributed by atoms with Crippen molar-refractivity contribution in [1.82, 2.24) is 4.90 Å². The topological polar surface area (TPSA) is 38.8 Å². The summed E-state index contributed by atoms with van der Waals surface area (Å²) >= 11 is 0. The molecule has 2 atom stereocenters. The summed E-state index contributed by atoms with van der Waals surface area (Å²) in [6, 6.07) is 18.2. The third-order valence-corrected chi connectivity index (χ3v) is 5.17. The van der Waals surface area contributed by atoms with Crippen molar-refractivity contribution >= 4 is 5.91 Å². The van der Waals surface area contributed by atoms with Gasteiger partial charge in [-0.15, -0.1) is 0 Å². The van der Waals surface area contributed by atoms with E-state index in [9.17, 15) is 4.79 Å². The van der Waals surface area contributed by atoms with Crippen LogP contribution in [0.25, 0.3) is 0 Å². The summed E-state index contributed by atoms with van der Waals surface area (Å²) in [5.74, 6) is 1.32. The average Bonchev–Trinajstić information content (AvgIpc) is 2.69. The first-order valence-electron chi connectivity index (χ1n) is 9.17. The first-order chi connectivity index (χ1) is 12.7. The summed E-state index contributed by atoms with van der Waals surface area (Å²) in [4.78, 5) is 14.8. The van der Waals surface area contributed by atoms with Gasteiger partial charge in [-0.3, -0.25) is 4.79 Å². The van der Waals surface area contributed by atoms with Crippen LogP contribution in [0.4, 0.5) is 0 Å². The van der Waals surface area contributed by atoms with Crippen LogP contribution in [0.15, 0.2) is 54.6 Å². The molecular weight excluding hydrogens is 326 g/mol. The van der Waals surface area contributed by atoms with Gasteiger partial charge in [0.25, 0.3) is 0 Å². The second kappa shape index (κ2) is 8.86. The van der Waals surface area contributed by atoms with Gasteiger partial charge < -0.3 is 14.4 Å². The molecule has 26 heavy (non-hydrogen) atoms. The molecule has 0 radical (unpaired) electrons. The largest absolute Gasteiger partial charge is 0.497 e. The molecule has 4 nitrogen and oxygen atoms in total. The second-order valence-electron chi connectivity index (χ2n) is 6.88. The Labute approximate surface area is 155 Å². The number of ether oxygens (including phenoxy) is 2. The highest BCUT2D eigenvalue weighted by molar-refractivity contribution is 5.79. The first kappa shape index (κ1) is 18.5. The van der Waals surface area contributed by atoms with Crippen LogP contribution < -0.4 is 4.74 Å². The molecule has 2 aromatic rings. The minimum absolute atomic E-state index is 0.183. The molecular formula is C22H27NO3. The van der Waals surface area contributed by atoms with Gasteiger partial charge in [-0.25, -0.2) is 0 Å². The number of carbonyl (C=O) groups is 1. The quantitative estimate of drug-likeness (QED) is 0.799. The Hall–Kier alpha value is -2.33. The number of hydrogen-bond donors (Lipinski definition) is 0. The van der Waals surface area contributed by atoms with Crippen LogP contribution in [0.1, 0.15) is 17.5 Å². The Morgan fingerprint density at radius 3 is 2.42 bits per heavy atom. The highest BCUT2D eigenvalue weighted by Crippen LogP contribution is 2.24. The molecule has 1 aliphatic rings. The van der Waals surface area contributed by atoms with E-state index < -0.39 is 0 Å². The number of amides is 1. The van der Waals surface area contributed by atoms with Crippen LogP contribution in [0, 0.1) is 5.92 Å². The van der Waals surface area contributed by atoms with E-state index in [1.807, 2.05) is 35.2 Å². The van der Waals surface area contributed by atoms with E-state index in [0.29, 0.717) is 12.3 Å². The number of carbonyl (C=O) groups excluding carboxylic acids is 1. The van der Waals surface area contributed by atoms with Crippen molar-refractivity contribution in [2.45, 2.75) is 25.4 Å². The number of benzene rings is 2. The predicted octanol–water partition coefficient (Wildman–Crippen LogP) is 3.34. The van der Waals surface area contributed by atoms with Crippen LogP contribution in [0.5, 0.6) is 5.75 Å². The zero-order chi connectivity index (χ0) is 18.4. The van der Waals surface area contributed by atoms with Gasteiger partial charge in [0.2, 0.25) is 5.91 Å². The summed E-state index contributed by atoms with van der Waals surface area (Å²) in [5.41, 5.74) is 2.31. The van der Waals surface area contributed by atoms with E-state index >= 15 is 0 Å². The monoisotopic (exact) mass is 353 g/mol. The molecule has 0 bridgehead atoms. The molecule has 1 saturated heterocycles. The van der Waals surface area contributed by atoms with E-state index in [-0.39, 0.29) is 12.0 Å². The molecule has 1 heterocycles. The molecule has 3 rings (SSSR count). The normalized spacial score (nSPS) is 20.0. The lowest BCUT2D eigenvalue weighted by atomic mass is 9.88. The molecule has 0 aliphatic carbocycles. The van der Waals surface area contributed by atoms with Crippen molar-refractivity contribution in [3.05, 3.63) is 65.7 Å². The van der Waals surface area contributed by atoms with Crippen molar-refractivity contribution in [3.8, 4) is 5.75 Å². The summed E-state index contributed by atoms with van der Waals surface area (Å²) in [6.07, 6.45) is 2.47. The Bertz CT molecular complexity index is 699. The van der Waals surface area contributed by atoms with Crippen molar-refractivity contribution < 1.29 is 14.3 Å². The number of hydrogen-bond acceptors (Lipinski definition) is 3. The maximum Gasteiger partial charge on any atom is 0.227 e. The van der Waals surface area contributed by atoms with Crippen LogP contribution in [0.3, 0.4) is 0 Å². The van der Waals surface area contributed by atoms with Gasteiger partial charge >= 0.3 is 0 Å². The lowest BCUT2D eigenvalue weighted by Crippen LogP contribution is -2.47. The number of likely N-dealkylation sites (tertiary alicyclic amines) is 1. The maximum absolute atomic E-state index is 12.8. The lowest BCUT2D eigenvalue weighted by Gasteiger charge is -2.38. The smallest absolute Gasteiger partial charge is 0.227 e. The third-order valence-electron chi connectivity index (χ3n) is 5.17. The Morgan fingerprint density at radius 1 is 1.04 bits per heavy atom. The van der Waals surface area contributed by atoms with Crippen molar-refractivity contribution in [1.29, 1.82) is 0 Å². The lowest BCUT2D eigenvalue weighted by molar-refractivity contribution is -0.134. The Balaban J connectivity index is 1.63. The number of rotatable bonds is 6. The van der Waals surface area contributed by atoms with Crippen molar-refractivity contribution in [2.24, 2.45) is 5.92 Å². The van der Waals surface area contributed by atoms with Crippen LogP contribution in [0.2, 0.25) is 0 Å². The van der Waals surface area contributed by atoms with E-state index in [1.54, 1.807) is 14.2 Å². The van der Waals surface area contributed by atoms with Crippen LogP contribution in [-0.2, 0) is 22.4 Å². The second-order valence-corrected chi connectivity index (χ2v) is 6.88. The molecule has 138 valence electrons. The SMILES string of the molecule is COc1ccc(CC(=O)N2CC[C@H](OC)[C@@H](Cc3ccccc3)C2)cc1. The van der Waals surface area contributed by atoms with E-state index in [0.717, 1.165) is 37.2 Å². The highest BCUT2D eigenvalue weighted by Gasteiger charge is 2.31. The maximum atomic E-state index is 12.8. The van der Waals surface area contributed by atoms with Crippen LogP contribution >= 0.6 is 0 Å². The first-order valence-corrected chi connectivity index (χ1v) is 9.17. The summed E-state index contributed by atoms with van der Waals surface area (Å²) in [5, 5.41) is 0. The van der Waals surface area contributed by atoms with Gasteiger partial charge in [0.15, 0.2) is 0 Å². The summed E-state index contributed by atoms with van der Waals surface area (Å²) < 4.78 is 10.9. The third kappa shape index (κ3) is 4.64. The van der Waals surface area contributed by atoms with Crippen molar-refractivity contribution in [3.63, 3.8) is 0 Å². The molecule has 1 fully saturated rings. The molecule has 0 unspecified atom stereocenters. The zero-order valence-electron chi connectivity index (χ0n) is 15.6. The Kier molecular flexibility index (Phi) is 6.29. The number of methoxy groups -OCH3 is 2. The van der Waals surface area contributed by atoms with Gasteiger partial charge in [-0.1, -0.05) is 42.5 Å². The van der Waals surface area contributed by atoms with Gasteiger partial charge in [0.05, 0.1) is 19.6 Å². The number of piperidine rings is 1. The molecule has 0 spiro atoms. The molecule has 1 aliphatic heterocycles. The molecule has 0 N–H and O–H groups in total. The molecule has 1 amide bonds. The van der Waals surface area contributed by atoms with Gasteiger partial charge in [-0.2, -0.15) is 0 Å². The predicted molar refractivity (Wildman–Crippen MR) is 102 cm³/mol. The minimum Gasteiger partial charge on any atom is -0.497 e. The summed E-state index contributed by atoms with van der Waals surface area (Å²) in [6.45, 7) is 1.52. The number of nitrogens with zero attached hydrogens (tertiary/aromatic N) is 1. The van der Waals surface area contributed by atoms with Crippen LogP contribution in [-0.4, -0.2) is 44.2 Å². The van der Waals surface area contributed by atoms with E-state index in [4.69, 9.17) is 9.47 Å². The van der Waals surface area contributed by atoms with E-state index in [1.165, 1.54) is 5.56 Å². The summed E-state index contributed by atoms with van der Waals surface area (Å²) in [7, 11) is 3.42. The molecule has 0 saturated carbocycles. The standard InChI is InChI=1S/C22H27NO3/c1-25-20-10-8-18(9-11-20)15-22(24)23-13-12-21(26-2)19(16-23)14-17-6-4-3-5-7-17/h3-11,19,21H,12-16H2,1-2H3/t19-,21-/m0/s1. The molecule has 4 heteroatoms. The average molecular weight is 353 g/mol. The van der Waals surface area contributed by atoms with Gasteiger partial charge in [0, 0.05) is 26.1 Å². The molecule has 2 aromatic carbocycles. The fourth-order valence-electron chi connectivity index (χ4n) is 3.69. The van der Waals surface area contributed by atoms with Gasteiger partial charge in [-0.05, 0) is 36.1 Å². The van der Waals surface area contributed by atoms with Crippen molar-refractivity contribution in [2.75, 3.05) is 27.3 Å². The van der Waals surface area contributed by atoms with E-state index in [2.05, 4.69) is 24.3 Å². The fraction of sp³-hybridized carbons (Fsp3) is 0.409. The zero-order valence-corrected chi connectivity index (χ0v) is 15.6. The minimum atomic E-state index is 0.183. The Morgan fingerprint density at radius 2 is 1.77 bits per heavy atom. The highest BCUT2D eigenvalue weighted by atomic mass is 16.5. The van der Waals surface area contributed by atoms with Gasteiger partial charge in [0.1, 0.15) is 5.75 Å². The fourth-order valence-corrected chi connectivity index (χ4v) is 3.69. The molecule has 0 aromatic heterocycles.